The zero-order chi connectivity index (χ0) is 29.9. The fourth-order valence-electron chi connectivity index (χ4n) is 3.81. The second kappa shape index (κ2) is 14.5. The number of rotatable bonds is 11. The van der Waals surface area contributed by atoms with Crippen molar-refractivity contribution < 1.29 is 38.1 Å². The van der Waals surface area contributed by atoms with Crippen molar-refractivity contribution in [2.45, 2.75) is 46.6 Å². The van der Waals surface area contributed by atoms with Gasteiger partial charge in [0.1, 0.15) is 30.0 Å². The Bertz CT molecular complexity index is 1400. The van der Waals surface area contributed by atoms with E-state index < -0.39 is 24.3 Å². The first kappa shape index (κ1) is 30.7. The zero-order valence-electron chi connectivity index (χ0n) is 23.7. The maximum absolute atomic E-state index is 12.4. The number of hydrogen-bond acceptors (Lipinski definition) is 8. The predicted molar refractivity (Wildman–Crippen MR) is 154 cm³/mol. The van der Waals surface area contributed by atoms with Crippen molar-refractivity contribution in [1.29, 1.82) is 0 Å². The first-order valence-corrected chi connectivity index (χ1v) is 13.0. The number of hydrogen-bond donors (Lipinski definition) is 2. The van der Waals surface area contributed by atoms with Crippen molar-refractivity contribution in [3.05, 3.63) is 82.9 Å². The van der Waals surface area contributed by atoms with E-state index in [4.69, 9.17) is 18.9 Å². The minimum Gasteiger partial charge on any atom is -0.497 e. The predicted octanol–water partition coefficient (Wildman–Crippen LogP) is 5.78. The molecule has 0 aliphatic rings. The van der Waals surface area contributed by atoms with Crippen molar-refractivity contribution in [2.75, 3.05) is 24.4 Å². The molecule has 0 saturated carbocycles. The van der Waals surface area contributed by atoms with Gasteiger partial charge in [0.15, 0.2) is 0 Å². The van der Waals surface area contributed by atoms with E-state index in [1.54, 1.807) is 63.4 Å². The Morgan fingerprint density at radius 3 is 2.17 bits per heavy atom. The van der Waals surface area contributed by atoms with Gasteiger partial charge in [-0.05, 0) is 86.3 Å². The number of ketones is 1. The smallest absolute Gasteiger partial charge is 0.417 e. The fourth-order valence-corrected chi connectivity index (χ4v) is 3.81. The van der Waals surface area contributed by atoms with E-state index in [9.17, 15) is 19.2 Å². The van der Waals surface area contributed by atoms with Crippen LogP contribution in [-0.4, -0.2) is 43.8 Å². The number of anilines is 2. The molecule has 1 unspecified atom stereocenters. The van der Waals surface area contributed by atoms with Crippen molar-refractivity contribution in [3.8, 4) is 11.5 Å². The fraction of sp³-hybridized carbons (Fsp3) is 0.290. The average molecular weight is 563 g/mol. The molecule has 0 aromatic heterocycles. The van der Waals surface area contributed by atoms with Gasteiger partial charge in [-0.15, -0.1) is 0 Å². The van der Waals surface area contributed by atoms with Crippen LogP contribution in [0.5, 0.6) is 11.5 Å². The Kier molecular flexibility index (Phi) is 10.9. The molecule has 0 spiro atoms. The molecule has 41 heavy (non-hydrogen) atoms. The minimum absolute atomic E-state index is 0.0319. The summed E-state index contributed by atoms with van der Waals surface area (Å²) in [6.45, 7) is 6.70. The van der Waals surface area contributed by atoms with E-state index in [2.05, 4.69) is 10.6 Å². The maximum atomic E-state index is 12.4. The molecule has 0 aliphatic carbocycles. The summed E-state index contributed by atoms with van der Waals surface area (Å²) < 4.78 is 20.9. The first-order chi connectivity index (χ1) is 19.5. The van der Waals surface area contributed by atoms with Crippen molar-refractivity contribution in [3.63, 3.8) is 0 Å². The van der Waals surface area contributed by atoms with Crippen LogP contribution in [0.25, 0.3) is 0 Å². The van der Waals surface area contributed by atoms with Crippen LogP contribution in [0.15, 0.2) is 60.7 Å². The Morgan fingerprint density at radius 1 is 0.805 bits per heavy atom. The summed E-state index contributed by atoms with van der Waals surface area (Å²) in [5.74, 6) is 0.538. The van der Waals surface area contributed by atoms with E-state index in [1.807, 2.05) is 25.1 Å². The Morgan fingerprint density at radius 2 is 1.49 bits per heavy atom. The third-order valence-corrected chi connectivity index (χ3v) is 5.98. The topological polar surface area (TPSA) is 129 Å². The van der Waals surface area contributed by atoms with Crippen LogP contribution < -0.4 is 20.1 Å². The lowest BCUT2D eigenvalue weighted by Crippen LogP contribution is -2.25. The molecule has 1 atom stereocenters. The van der Waals surface area contributed by atoms with E-state index in [-0.39, 0.29) is 18.8 Å². The SMILES string of the molecule is COc1ccc(OC(=O)Nc2cc(NC(=O)OC(C)COC(=O)Cc3ccc(C)c(CC(C)=O)c3)ccc2C)cc1. The highest BCUT2D eigenvalue weighted by atomic mass is 16.6. The van der Waals surface area contributed by atoms with Crippen molar-refractivity contribution >= 4 is 35.3 Å². The van der Waals surface area contributed by atoms with Crippen molar-refractivity contribution in [2.24, 2.45) is 0 Å². The monoisotopic (exact) mass is 562 g/mol. The van der Waals surface area contributed by atoms with E-state index in [0.717, 1.165) is 22.3 Å². The molecule has 2 N–H and O–H groups in total. The molecular weight excluding hydrogens is 528 g/mol. The lowest BCUT2D eigenvalue weighted by Gasteiger charge is -2.15. The van der Waals surface area contributed by atoms with Crippen LogP contribution in [-0.2, 0) is 31.9 Å². The lowest BCUT2D eigenvalue weighted by molar-refractivity contribution is -0.145. The number of esters is 1. The zero-order valence-corrected chi connectivity index (χ0v) is 23.7. The van der Waals surface area contributed by atoms with Gasteiger partial charge in [0, 0.05) is 17.8 Å². The molecule has 3 aromatic carbocycles. The number of aryl methyl sites for hydroxylation is 2. The Balaban J connectivity index is 1.47. The second-order valence-electron chi connectivity index (χ2n) is 9.56. The number of nitrogens with one attached hydrogen (secondary N) is 2. The number of carbonyl (C=O) groups excluding carboxylic acids is 4. The molecule has 3 rings (SSSR count). The lowest BCUT2D eigenvalue weighted by atomic mass is 9.99. The molecular formula is C31H34N2O8. The summed E-state index contributed by atoms with van der Waals surface area (Å²) in [4.78, 5) is 48.5. The van der Waals surface area contributed by atoms with E-state index in [0.29, 0.717) is 29.3 Å². The summed E-state index contributed by atoms with van der Waals surface area (Å²) >= 11 is 0. The number of methoxy groups -OCH3 is 1. The summed E-state index contributed by atoms with van der Waals surface area (Å²) in [5, 5.41) is 5.25. The molecule has 3 aromatic rings. The van der Waals surface area contributed by atoms with Gasteiger partial charge in [0.25, 0.3) is 0 Å². The molecule has 216 valence electrons. The van der Waals surface area contributed by atoms with Gasteiger partial charge in [-0.25, -0.2) is 9.59 Å². The number of ether oxygens (including phenoxy) is 4. The van der Waals surface area contributed by atoms with Gasteiger partial charge in [-0.2, -0.15) is 0 Å². The third-order valence-electron chi connectivity index (χ3n) is 5.98. The van der Waals surface area contributed by atoms with Gasteiger partial charge >= 0.3 is 18.2 Å². The number of Topliss-reactive ketones (excluding diaryl/α,β-unsaturated/α-hetero) is 1. The second-order valence-corrected chi connectivity index (χ2v) is 9.56. The first-order valence-electron chi connectivity index (χ1n) is 13.0. The molecule has 0 saturated heterocycles. The number of benzene rings is 3. The highest BCUT2D eigenvalue weighted by Crippen LogP contribution is 2.22. The van der Waals surface area contributed by atoms with Gasteiger partial charge < -0.3 is 18.9 Å². The summed E-state index contributed by atoms with van der Waals surface area (Å²) in [7, 11) is 1.54. The average Bonchev–Trinajstić information content (AvgIpc) is 2.91. The van der Waals surface area contributed by atoms with Crippen LogP contribution >= 0.6 is 0 Å². The van der Waals surface area contributed by atoms with Crippen LogP contribution in [0.2, 0.25) is 0 Å². The highest BCUT2D eigenvalue weighted by Gasteiger charge is 2.15. The maximum Gasteiger partial charge on any atom is 0.417 e. The molecule has 0 radical (unpaired) electrons. The van der Waals surface area contributed by atoms with Crippen LogP contribution in [0.4, 0.5) is 21.0 Å². The number of amides is 2. The molecule has 0 fully saturated rings. The van der Waals surface area contributed by atoms with E-state index in [1.165, 1.54) is 6.92 Å². The van der Waals surface area contributed by atoms with Crippen LogP contribution in [0.3, 0.4) is 0 Å². The van der Waals surface area contributed by atoms with Gasteiger partial charge in [0.2, 0.25) is 0 Å². The quantitative estimate of drug-likeness (QED) is 0.282. The molecule has 0 heterocycles. The highest BCUT2D eigenvalue weighted by molar-refractivity contribution is 5.90. The summed E-state index contributed by atoms with van der Waals surface area (Å²) in [6.07, 6.45) is -1.83. The summed E-state index contributed by atoms with van der Waals surface area (Å²) in [5.41, 5.74) is 4.16. The molecule has 10 nitrogen and oxygen atoms in total. The number of carbonyl (C=O) groups is 4. The van der Waals surface area contributed by atoms with Gasteiger partial charge in [0.05, 0.1) is 13.5 Å². The van der Waals surface area contributed by atoms with Crippen LogP contribution in [0, 0.1) is 13.8 Å². The minimum atomic E-state index is -0.753. The largest absolute Gasteiger partial charge is 0.497 e. The normalized spacial score (nSPS) is 11.1. The third kappa shape index (κ3) is 9.99. The summed E-state index contributed by atoms with van der Waals surface area (Å²) in [6, 6.07) is 17.0. The molecule has 0 bridgehead atoms. The van der Waals surface area contributed by atoms with Gasteiger partial charge in [-0.3, -0.25) is 20.2 Å². The van der Waals surface area contributed by atoms with Gasteiger partial charge in [-0.1, -0.05) is 24.3 Å². The van der Waals surface area contributed by atoms with E-state index >= 15 is 0 Å². The standard InChI is InChI=1S/C31H34N2O8/c1-19-6-8-23(15-24(19)14-21(3)34)16-29(35)39-18-22(4)40-30(36)32-25-9-7-20(2)28(17-25)33-31(37)41-27-12-10-26(38-5)11-13-27/h6-13,15,17,22H,14,16,18H2,1-5H3,(H,32,36)(H,33,37). The van der Waals surface area contributed by atoms with Crippen molar-refractivity contribution in [1.82, 2.24) is 0 Å². The molecule has 2 amide bonds. The Hall–Kier alpha value is -4.86. The molecule has 10 heteroatoms. The van der Waals surface area contributed by atoms with Crippen LogP contribution in [0.1, 0.15) is 36.1 Å². The Labute approximate surface area is 238 Å². The molecule has 0 aliphatic heterocycles.